The lowest BCUT2D eigenvalue weighted by atomic mass is 10.3. The molecule has 0 fully saturated rings. The molecule has 0 aliphatic rings. The van der Waals surface area contributed by atoms with Crippen molar-refractivity contribution in [2.75, 3.05) is 5.32 Å². The Balaban J connectivity index is 1.95. The Hall–Kier alpha value is -2.57. The van der Waals surface area contributed by atoms with E-state index in [1.165, 1.54) is 6.07 Å². The van der Waals surface area contributed by atoms with Crippen LogP contribution in [0.25, 0.3) is 11.0 Å². The third-order valence-corrected chi connectivity index (χ3v) is 3.94. The number of hydrogen-bond acceptors (Lipinski definition) is 3. The van der Waals surface area contributed by atoms with Gasteiger partial charge >= 0.3 is 11.1 Å². The predicted molar refractivity (Wildman–Crippen MR) is 93.9 cm³/mol. The standard InChI is InChI=1S/C16H11Cl2N3O3/c17-9-5-6-11(10(18)7-9)19-14(22)8-21-13-4-2-1-3-12(13)20-15(23)16(21)24/h1-7H,8H2,(H,19,22)(H,20,23). The third-order valence-electron chi connectivity index (χ3n) is 3.39. The highest BCUT2D eigenvalue weighted by molar-refractivity contribution is 6.36. The Kier molecular flexibility index (Phi) is 4.42. The lowest BCUT2D eigenvalue weighted by Crippen LogP contribution is -2.38. The quantitative estimate of drug-likeness (QED) is 0.701. The number of hydrogen-bond donors (Lipinski definition) is 2. The summed E-state index contributed by atoms with van der Waals surface area (Å²) in [6, 6.07) is 11.4. The van der Waals surface area contributed by atoms with E-state index in [1.54, 1.807) is 36.4 Å². The molecule has 0 aliphatic heterocycles. The van der Waals surface area contributed by atoms with Crippen LogP contribution in [0.2, 0.25) is 10.0 Å². The highest BCUT2D eigenvalue weighted by Gasteiger charge is 2.12. The monoisotopic (exact) mass is 363 g/mol. The average molecular weight is 364 g/mol. The first-order chi connectivity index (χ1) is 11.5. The van der Waals surface area contributed by atoms with E-state index >= 15 is 0 Å². The summed E-state index contributed by atoms with van der Waals surface area (Å²) in [7, 11) is 0. The molecular weight excluding hydrogens is 353 g/mol. The SMILES string of the molecule is O=C(Cn1c(=O)c(=O)[nH]c2ccccc21)Nc1ccc(Cl)cc1Cl. The fraction of sp³-hybridized carbons (Fsp3) is 0.0625. The first-order valence-corrected chi connectivity index (χ1v) is 7.68. The van der Waals surface area contributed by atoms with Crippen LogP contribution >= 0.6 is 23.2 Å². The van der Waals surface area contributed by atoms with Gasteiger partial charge in [-0.25, -0.2) is 0 Å². The first kappa shape index (κ1) is 16.3. The van der Waals surface area contributed by atoms with Crippen LogP contribution in [0.4, 0.5) is 5.69 Å². The molecule has 0 bridgehead atoms. The number of fused-ring (bicyclic) bond motifs is 1. The highest BCUT2D eigenvalue weighted by Crippen LogP contribution is 2.25. The molecule has 0 aliphatic carbocycles. The van der Waals surface area contributed by atoms with Gasteiger partial charge in [-0.15, -0.1) is 0 Å². The zero-order valence-corrected chi connectivity index (χ0v) is 13.7. The second-order valence-corrected chi connectivity index (χ2v) is 5.88. The summed E-state index contributed by atoms with van der Waals surface area (Å²) in [6.45, 7) is -0.317. The molecule has 2 aromatic carbocycles. The summed E-state index contributed by atoms with van der Waals surface area (Å²) in [5.41, 5.74) is -0.288. The van der Waals surface area contributed by atoms with Gasteiger partial charge in [0.05, 0.1) is 21.7 Å². The number of nitrogens with one attached hydrogen (secondary N) is 2. The molecule has 1 amide bonds. The number of rotatable bonds is 3. The Morgan fingerprint density at radius 1 is 1.12 bits per heavy atom. The summed E-state index contributed by atoms with van der Waals surface area (Å²) < 4.78 is 1.12. The fourth-order valence-electron chi connectivity index (χ4n) is 2.30. The number of halogens is 2. The topological polar surface area (TPSA) is 84.0 Å². The maximum atomic E-state index is 12.3. The van der Waals surface area contributed by atoms with Crippen molar-refractivity contribution in [1.29, 1.82) is 0 Å². The van der Waals surface area contributed by atoms with Crippen molar-refractivity contribution in [2.24, 2.45) is 0 Å². The number of carbonyl (C=O) groups excluding carboxylic acids is 1. The van der Waals surface area contributed by atoms with Crippen molar-refractivity contribution in [3.8, 4) is 0 Å². The largest absolute Gasteiger partial charge is 0.323 e. The Morgan fingerprint density at radius 3 is 2.62 bits per heavy atom. The van der Waals surface area contributed by atoms with Gasteiger partial charge in [0.1, 0.15) is 6.54 Å². The molecule has 6 nitrogen and oxygen atoms in total. The van der Waals surface area contributed by atoms with Gasteiger partial charge in [-0.05, 0) is 30.3 Å². The Bertz CT molecular complexity index is 1060. The summed E-state index contributed by atoms with van der Waals surface area (Å²) in [4.78, 5) is 38.5. The van der Waals surface area contributed by atoms with E-state index in [-0.39, 0.29) is 11.6 Å². The molecule has 2 N–H and O–H groups in total. The molecule has 24 heavy (non-hydrogen) atoms. The van der Waals surface area contributed by atoms with Crippen LogP contribution in [-0.4, -0.2) is 15.5 Å². The van der Waals surface area contributed by atoms with E-state index in [2.05, 4.69) is 10.3 Å². The minimum Gasteiger partial charge on any atom is -0.323 e. The van der Waals surface area contributed by atoms with Crippen LogP contribution in [-0.2, 0) is 11.3 Å². The van der Waals surface area contributed by atoms with Crippen molar-refractivity contribution < 1.29 is 4.79 Å². The molecule has 0 radical (unpaired) electrons. The van der Waals surface area contributed by atoms with E-state index in [4.69, 9.17) is 23.2 Å². The van der Waals surface area contributed by atoms with Crippen LogP contribution in [0.3, 0.4) is 0 Å². The lowest BCUT2D eigenvalue weighted by molar-refractivity contribution is -0.116. The second-order valence-electron chi connectivity index (χ2n) is 5.03. The smallest absolute Gasteiger partial charge is 0.317 e. The molecule has 0 saturated heterocycles. The number of amides is 1. The summed E-state index contributed by atoms with van der Waals surface area (Å²) in [5, 5.41) is 3.31. The molecule has 0 spiro atoms. The van der Waals surface area contributed by atoms with E-state index in [1.807, 2.05) is 0 Å². The number of anilines is 1. The van der Waals surface area contributed by atoms with Gasteiger partial charge in [0.2, 0.25) is 5.91 Å². The molecule has 8 heteroatoms. The van der Waals surface area contributed by atoms with Gasteiger partial charge in [0.25, 0.3) is 0 Å². The van der Waals surface area contributed by atoms with E-state index < -0.39 is 17.0 Å². The molecular formula is C16H11Cl2N3O3. The highest BCUT2D eigenvalue weighted by atomic mass is 35.5. The molecule has 1 heterocycles. The minimum absolute atomic E-state index is 0.277. The maximum absolute atomic E-state index is 12.3. The van der Waals surface area contributed by atoms with Gasteiger partial charge in [-0.2, -0.15) is 0 Å². The Morgan fingerprint density at radius 2 is 1.88 bits per heavy atom. The van der Waals surface area contributed by atoms with Gasteiger partial charge in [-0.1, -0.05) is 35.3 Å². The molecule has 0 unspecified atom stereocenters. The lowest BCUT2D eigenvalue weighted by Gasteiger charge is -2.11. The minimum atomic E-state index is -0.800. The average Bonchev–Trinajstić information content (AvgIpc) is 2.54. The number of H-pyrrole nitrogens is 1. The van der Waals surface area contributed by atoms with E-state index in [9.17, 15) is 14.4 Å². The van der Waals surface area contributed by atoms with Gasteiger partial charge in [-0.3, -0.25) is 19.0 Å². The number of aromatic nitrogens is 2. The zero-order valence-electron chi connectivity index (χ0n) is 12.2. The predicted octanol–water partition coefficient (Wildman–Crippen LogP) is 2.64. The molecule has 0 atom stereocenters. The summed E-state index contributed by atoms with van der Waals surface area (Å²) >= 11 is 11.8. The zero-order chi connectivity index (χ0) is 17.3. The van der Waals surface area contributed by atoms with Crippen LogP contribution < -0.4 is 16.4 Å². The number of para-hydroxylation sites is 2. The van der Waals surface area contributed by atoms with Gasteiger partial charge in [0, 0.05) is 5.02 Å². The second kappa shape index (κ2) is 6.51. The van der Waals surface area contributed by atoms with E-state index in [0.717, 1.165) is 4.57 Å². The van der Waals surface area contributed by atoms with Crippen LogP contribution in [0, 0.1) is 0 Å². The van der Waals surface area contributed by atoms with Crippen LogP contribution in [0.5, 0.6) is 0 Å². The van der Waals surface area contributed by atoms with Crippen molar-refractivity contribution in [3.63, 3.8) is 0 Å². The number of nitrogens with zero attached hydrogens (tertiary/aromatic N) is 1. The third kappa shape index (κ3) is 3.20. The number of aromatic amines is 1. The summed E-state index contributed by atoms with van der Waals surface area (Å²) in [5.74, 6) is -0.489. The summed E-state index contributed by atoms with van der Waals surface area (Å²) in [6.07, 6.45) is 0. The van der Waals surface area contributed by atoms with Crippen molar-refractivity contribution >= 4 is 45.8 Å². The molecule has 122 valence electrons. The van der Waals surface area contributed by atoms with Gasteiger partial charge < -0.3 is 10.3 Å². The van der Waals surface area contributed by atoms with Crippen molar-refractivity contribution in [2.45, 2.75) is 6.54 Å². The molecule has 0 saturated carbocycles. The van der Waals surface area contributed by atoms with Crippen LogP contribution in [0.1, 0.15) is 0 Å². The molecule has 3 rings (SSSR count). The van der Waals surface area contributed by atoms with Crippen molar-refractivity contribution in [3.05, 3.63) is 73.2 Å². The Labute approximate surface area is 145 Å². The van der Waals surface area contributed by atoms with Crippen molar-refractivity contribution in [1.82, 2.24) is 9.55 Å². The fourth-order valence-corrected chi connectivity index (χ4v) is 2.76. The van der Waals surface area contributed by atoms with Gasteiger partial charge in [0.15, 0.2) is 0 Å². The first-order valence-electron chi connectivity index (χ1n) is 6.92. The maximum Gasteiger partial charge on any atom is 0.317 e. The van der Waals surface area contributed by atoms with E-state index in [0.29, 0.717) is 21.7 Å². The van der Waals surface area contributed by atoms with Crippen LogP contribution in [0.15, 0.2) is 52.1 Å². The number of carbonyl (C=O) groups is 1. The normalized spacial score (nSPS) is 10.8. The molecule has 1 aromatic heterocycles. The number of benzene rings is 2. The molecule has 3 aromatic rings.